The lowest BCUT2D eigenvalue weighted by Gasteiger charge is -1.99. The molecule has 0 fully saturated rings. The van der Waals surface area contributed by atoms with Gasteiger partial charge in [0, 0.05) is 11.0 Å². The highest BCUT2D eigenvalue weighted by Crippen LogP contribution is 2.37. The minimum absolute atomic E-state index is 0.416. The van der Waals surface area contributed by atoms with Crippen LogP contribution in [0.3, 0.4) is 0 Å². The van der Waals surface area contributed by atoms with Crippen LogP contribution < -0.4 is 0 Å². The minimum atomic E-state index is 0.416. The number of aromatic nitrogens is 2. The van der Waals surface area contributed by atoms with Crippen molar-refractivity contribution in [2.75, 3.05) is 0 Å². The highest BCUT2D eigenvalue weighted by atomic mass is 79.9. The third-order valence-corrected chi connectivity index (χ3v) is 5.81. The zero-order valence-electron chi connectivity index (χ0n) is 14.4. The van der Waals surface area contributed by atoms with Crippen molar-refractivity contribution in [3.63, 3.8) is 0 Å². The summed E-state index contributed by atoms with van der Waals surface area (Å²) in [6.45, 7) is 2.06. The number of nitrogens with one attached hydrogen (secondary N) is 1. The number of hydrogen-bond donors (Lipinski definition) is 1. The van der Waals surface area contributed by atoms with Crippen molar-refractivity contribution in [1.29, 1.82) is 5.26 Å². The van der Waals surface area contributed by atoms with E-state index in [4.69, 9.17) is 4.42 Å². The van der Waals surface area contributed by atoms with Gasteiger partial charge in [-0.3, -0.25) is 0 Å². The molecule has 2 aromatic carbocycles. The first kappa shape index (κ1) is 17.7. The summed E-state index contributed by atoms with van der Waals surface area (Å²) in [5, 5.41) is 10.3. The van der Waals surface area contributed by atoms with Crippen LogP contribution in [-0.4, -0.2) is 9.97 Å². The van der Waals surface area contributed by atoms with Crippen molar-refractivity contribution in [2.45, 2.75) is 16.9 Å². The topological polar surface area (TPSA) is 65.6 Å². The molecule has 4 nitrogen and oxygen atoms in total. The average Bonchev–Trinajstić information content (AvgIpc) is 3.25. The van der Waals surface area contributed by atoms with Crippen LogP contribution >= 0.6 is 27.7 Å². The van der Waals surface area contributed by atoms with Gasteiger partial charge in [-0.05, 0) is 53.2 Å². The monoisotopic (exact) mass is 435 g/mol. The van der Waals surface area contributed by atoms with Crippen LogP contribution in [-0.2, 0) is 0 Å². The molecule has 132 valence electrons. The Kier molecular flexibility index (Phi) is 4.88. The van der Waals surface area contributed by atoms with Gasteiger partial charge >= 0.3 is 0 Å². The number of hydrogen-bond acceptors (Lipinski definition) is 4. The van der Waals surface area contributed by atoms with Crippen LogP contribution in [0, 0.1) is 18.3 Å². The number of rotatable bonds is 4. The Morgan fingerprint density at radius 2 is 2.00 bits per heavy atom. The lowest BCUT2D eigenvalue weighted by molar-refractivity contribution is 0.463. The van der Waals surface area contributed by atoms with E-state index in [-0.39, 0.29) is 0 Å². The van der Waals surface area contributed by atoms with Gasteiger partial charge in [0.05, 0.1) is 21.1 Å². The van der Waals surface area contributed by atoms with Gasteiger partial charge in [-0.2, -0.15) is 5.26 Å². The number of aromatic amines is 1. The molecule has 0 unspecified atom stereocenters. The molecule has 4 aromatic rings. The van der Waals surface area contributed by atoms with E-state index >= 15 is 0 Å². The van der Waals surface area contributed by atoms with Gasteiger partial charge in [0.2, 0.25) is 0 Å². The molecule has 0 spiro atoms. The zero-order chi connectivity index (χ0) is 18.8. The molecular weight excluding hydrogens is 422 g/mol. The Morgan fingerprint density at radius 3 is 2.74 bits per heavy atom. The quantitative estimate of drug-likeness (QED) is 0.374. The number of halogens is 1. The summed E-state index contributed by atoms with van der Waals surface area (Å²) < 4.78 is 6.77. The molecule has 0 aliphatic heterocycles. The number of imidazole rings is 1. The van der Waals surface area contributed by atoms with E-state index in [0.717, 1.165) is 25.5 Å². The molecule has 0 radical (unpaired) electrons. The molecule has 0 aliphatic carbocycles. The van der Waals surface area contributed by atoms with E-state index in [2.05, 4.69) is 63.2 Å². The molecule has 2 heterocycles. The van der Waals surface area contributed by atoms with Gasteiger partial charge in [0.25, 0.3) is 0 Å². The van der Waals surface area contributed by atoms with Crippen LogP contribution in [0.1, 0.15) is 17.1 Å². The Labute approximate surface area is 169 Å². The Balaban J connectivity index is 1.64. The average molecular weight is 436 g/mol. The van der Waals surface area contributed by atoms with E-state index < -0.39 is 0 Å². The number of allylic oxidation sites excluding steroid dienone is 1. The van der Waals surface area contributed by atoms with Gasteiger partial charge in [0.1, 0.15) is 17.7 Å². The van der Waals surface area contributed by atoms with Crippen molar-refractivity contribution in [1.82, 2.24) is 9.97 Å². The number of furan rings is 1. The number of aryl methyl sites for hydroxylation is 1. The highest BCUT2D eigenvalue weighted by molar-refractivity contribution is 9.10. The molecule has 0 saturated heterocycles. The number of benzene rings is 2. The predicted octanol–water partition coefficient (Wildman–Crippen LogP) is 6.44. The van der Waals surface area contributed by atoms with Crippen LogP contribution in [0.4, 0.5) is 0 Å². The third-order valence-electron chi connectivity index (χ3n) is 3.96. The van der Waals surface area contributed by atoms with Crippen molar-refractivity contribution in [3.05, 3.63) is 76.2 Å². The number of nitrogens with zero attached hydrogens (tertiary/aromatic N) is 2. The SMILES string of the molecule is Cc1ccc(Sc2oc(C=C(C#N)c3nc4ccccc4[nH]3)cc2Br)cc1. The fourth-order valence-corrected chi connectivity index (χ4v) is 3.93. The first-order chi connectivity index (χ1) is 13.1. The van der Waals surface area contributed by atoms with Crippen molar-refractivity contribution in [3.8, 4) is 6.07 Å². The fourth-order valence-electron chi connectivity index (χ4n) is 2.60. The smallest absolute Gasteiger partial charge is 0.179 e. The van der Waals surface area contributed by atoms with Gasteiger partial charge < -0.3 is 9.40 Å². The minimum Gasteiger partial charge on any atom is -0.449 e. The molecular formula is C21H14BrN3OS. The van der Waals surface area contributed by atoms with Crippen LogP contribution in [0.5, 0.6) is 0 Å². The van der Waals surface area contributed by atoms with Crippen molar-refractivity contribution in [2.24, 2.45) is 0 Å². The van der Waals surface area contributed by atoms with Crippen molar-refractivity contribution < 1.29 is 4.42 Å². The maximum absolute atomic E-state index is 9.57. The second-order valence-electron chi connectivity index (χ2n) is 5.97. The lowest BCUT2D eigenvalue weighted by atomic mass is 10.2. The van der Waals surface area contributed by atoms with Crippen LogP contribution in [0.25, 0.3) is 22.7 Å². The number of fused-ring (bicyclic) bond motifs is 1. The van der Waals surface area contributed by atoms with Crippen LogP contribution in [0.15, 0.2) is 73.5 Å². The zero-order valence-corrected chi connectivity index (χ0v) is 16.8. The number of para-hydroxylation sites is 2. The van der Waals surface area contributed by atoms with E-state index in [1.807, 2.05) is 30.3 Å². The first-order valence-electron chi connectivity index (χ1n) is 8.23. The van der Waals surface area contributed by atoms with E-state index in [1.165, 1.54) is 17.3 Å². The molecule has 6 heteroatoms. The summed E-state index contributed by atoms with van der Waals surface area (Å²) in [7, 11) is 0. The third kappa shape index (κ3) is 3.85. The van der Waals surface area contributed by atoms with E-state index in [0.29, 0.717) is 17.2 Å². The van der Waals surface area contributed by atoms with E-state index in [9.17, 15) is 5.26 Å². The Morgan fingerprint density at radius 1 is 1.22 bits per heavy atom. The lowest BCUT2D eigenvalue weighted by Crippen LogP contribution is -1.84. The number of H-pyrrole nitrogens is 1. The van der Waals surface area contributed by atoms with E-state index in [1.54, 1.807) is 6.08 Å². The molecule has 0 atom stereocenters. The van der Waals surface area contributed by atoms with Gasteiger partial charge in [0.15, 0.2) is 5.09 Å². The summed E-state index contributed by atoms with van der Waals surface area (Å²) in [5.74, 6) is 1.12. The molecule has 0 aliphatic rings. The molecule has 0 saturated carbocycles. The maximum Gasteiger partial charge on any atom is 0.179 e. The van der Waals surface area contributed by atoms with Gasteiger partial charge in [-0.15, -0.1) is 0 Å². The highest BCUT2D eigenvalue weighted by Gasteiger charge is 2.13. The second-order valence-corrected chi connectivity index (χ2v) is 7.87. The summed E-state index contributed by atoms with van der Waals surface area (Å²) >= 11 is 5.06. The summed E-state index contributed by atoms with van der Waals surface area (Å²) in [6, 6.07) is 20.0. The van der Waals surface area contributed by atoms with Gasteiger partial charge in [-0.1, -0.05) is 41.6 Å². The molecule has 0 bridgehead atoms. The molecule has 27 heavy (non-hydrogen) atoms. The predicted molar refractivity (Wildman–Crippen MR) is 111 cm³/mol. The first-order valence-corrected chi connectivity index (χ1v) is 9.84. The Bertz CT molecular complexity index is 1150. The fraction of sp³-hybridized carbons (Fsp3) is 0.0476. The van der Waals surface area contributed by atoms with Crippen molar-refractivity contribution >= 4 is 50.4 Å². The molecule has 2 aromatic heterocycles. The standard InChI is InChI=1S/C21H14BrN3OS/c1-13-6-8-16(9-7-13)27-21-17(22)11-15(26-21)10-14(12-23)20-24-18-4-2-3-5-19(18)25-20/h2-11H,1H3,(H,24,25). The molecule has 4 rings (SSSR count). The summed E-state index contributed by atoms with van der Waals surface area (Å²) in [5.41, 5.74) is 3.35. The summed E-state index contributed by atoms with van der Waals surface area (Å²) in [4.78, 5) is 8.74. The van der Waals surface area contributed by atoms with Gasteiger partial charge in [-0.25, -0.2) is 4.98 Å². The Hall–Kier alpha value is -2.75. The normalized spacial score (nSPS) is 11.7. The molecule has 0 amide bonds. The largest absolute Gasteiger partial charge is 0.449 e. The second kappa shape index (κ2) is 7.47. The summed E-state index contributed by atoms with van der Waals surface area (Å²) in [6.07, 6.45) is 1.70. The molecule has 1 N–H and O–H groups in total. The number of nitriles is 1. The maximum atomic E-state index is 9.57. The van der Waals surface area contributed by atoms with Crippen LogP contribution in [0.2, 0.25) is 0 Å².